The van der Waals surface area contributed by atoms with Crippen LogP contribution in [-0.2, 0) is 13.4 Å². The Balaban J connectivity index is 0.000000183. The number of hydrogen-bond donors (Lipinski definition) is 3. The number of carboxylic acids is 2. The molecule has 3 aliphatic rings. The van der Waals surface area contributed by atoms with Crippen molar-refractivity contribution in [2.24, 2.45) is 0 Å². The van der Waals surface area contributed by atoms with Gasteiger partial charge in [-0.2, -0.15) is 0 Å². The summed E-state index contributed by atoms with van der Waals surface area (Å²) in [6, 6.07) is 2.22. The van der Waals surface area contributed by atoms with Crippen molar-refractivity contribution >= 4 is 29.3 Å². The quantitative estimate of drug-likeness (QED) is 0.696. The number of hydrogen-bond acceptors (Lipinski definition) is 6. The van der Waals surface area contributed by atoms with E-state index in [-0.39, 0.29) is 16.7 Å². The third kappa shape index (κ3) is 3.91. The third-order valence-corrected chi connectivity index (χ3v) is 5.35. The van der Waals surface area contributed by atoms with Crippen molar-refractivity contribution < 1.29 is 38.3 Å². The fourth-order valence-electron chi connectivity index (χ4n) is 1.82. The SMILES string of the molecule is C1OP2OCC1PO2.Cc1c(C(=O)O)ccc(O)c1C(=O)O. The summed E-state index contributed by atoms with van der Waals surface area (Å²) >= 11 is 0. The van der Waals surface area contributed by atoms with E-state index in [0.717, 1.165) is 19.3 Å². The van der Waals surface area contributed by atoms with E-state index in [1.165, 1.54) is 13.0 Å². The standard InChI is InChI=1S/C9H8O5.C3H6O3P2/c1-4-5(8(11)12)2-3-6(10)7(4)9(13)14;1-3-2-5-8(4-1)6-7-3/h2-3,10H,1H3,(H,11,12)(H,13,14);3,7H,1-2H2. The van der Waals surface area contributed by atoms with E-state index in [1.54, 1.807) is 0 Å². The molecule has 1 unspecified atom stereocenters. The molecule has 3 N–H and O–H groups in total. The molecule has 0 aromatic heterocycles. The lowest BCUT2D eigenvalue weighted by atomic mass is 10.0. The summed E-state index contributed by atoms with van der Waals surface area (Å²) in [7, 11) is -0.270. The number of carboxylic acid groups (broad SMARTS) is 2. The van der Waals surface area contributed by atoms with Crippen LogP contribution in [0.2, 0.25) is 0 Å². The Morgan fingerprint density at radius 1 is 1.23 bits per heavy atom. The molecule has 3 aliphatic heterocycles. The van der Waals surface area contributed by atoms with Gasteiger partial charge in [-0.25, -0.2) is 9.59 Å². The van der Waals surface area contributed by atoms with E-state index in [1.807, 2.05) is 0 Å². The number of benzene rings is 1. The second kappa shape index (κ2) is 7.31. The van der Waals surface area contributed by atoms with E-state index in [0.29, 0.717) is 14.5 Å². The fourth-order valence-corrected chi connectivity index (χ4v) is 4.45. The lowest BCUT2D eigenvalue weighted by molar-refractivity contribution is 0.0693. The molecule has 3 fully saturated rings. The van der Waals surface area contributed by atoms with Crippen molar-refractivity contribution in [1.82, 2.24) is 0 Å². The summed E-state index contributed by atoms with van der Waals surface area (Å²) < 4.78 is 15.3. The molecule has 1 aromatic rings. The first-order valence-electron chi connectivity index (χ1n) is 6.17. The molecule has 0 radical (unpaired) electrons. The highest BCUT2D eigenvalue weighted by molar-refractivity contribution is 7.53. The number of aromatic hydroxyl groups is 1. The number of phenols is 1. The van der Waals surface area contributed by atoms with Crippen LogP contribution in [0, 0.1) is 6.92 Å². The Morgan fingerprint density at radius 2 is 1.86 bits per heavy atom. The van der Waals surface area contributed by atoms with Gasteiger partial charge in [0, 0.05) is 14.5 Å². The predicted octanol–water partition coefficient (Wildman–Crippen LogP) is 2.35. The van der Waals surface area contributed by atoms with Crippen LogP contribution < -0.4 is 0 Å². The molecule has 120 valence electrons. The Bertz CT molecular complexity index is 560. The molecule has 2 bridgehead atoms. The highest BCUT2D eigenvalue weighted by atomic mass is 31.2. The molecular weight excluding hydrogens is 334 g/mol. The summed E-state index contributed by atoms with van der Waals surface area (Å²) in [6.07, 6.45) is 0. The van der Waals surface area contributed by atoms with Gasteiger partial charge >= 0.3 is 20.5 Å². The molecule has 3 saturated heterocycles. The van der Waals surface area contributed by atoms with Crippen LogP contribution in [0.15, 0.2) is 12.1 Å². The fraction of sp³-hybridized carbons (Fsp3) is 0.333. The van der Waals surface area contributed by atoms with Crippen LogP contribution in [-0.4, -0.2) is 46.1 Å². The van der Waals surface area contributed by atoms with Crippen LogP contribution in [0.4, 0.5) is 0 Å². The average molecular weight is 348 g/mol. The Hall–Kier alpha value is -1.30. The van der Waals surface area contributed by atoms with Gasteiger partial charge in [0.25, 0.3) is 0 Å². The van der Waals surface area contributed by atoms with Crippen molar-refractivity contribution in [2.45, 2.75) is 12.6 Å². The lowest BCUT2D eigenvalue weighted by Crippen LogP contribution is -2.25. The first kappa shape index (κ1) is 17.1. The maximum Gasteiger partial charge on any atom is 0.339 e. The predicted molar refractivity (Wildman–Crippen MR) is 78.8 cm³/mol. The molecule has 0 amide bonds. The normalized spacial score (nSPS) is 23.7. The molecular formula is C12H14O8P2. The highest BCUT2D eigenvalue weighted by Crippen LogP contribution is 2.56. The molecule has 22 heavy (non-hydrogen) atoms. The minimum atomic E-state index is -1.34. The number of fused-ring (bicyclic) bond motifs is 3. The zero-order valence-electron chi connectivity index (χ0n) is 11.5. The molecule has 0 aliphatic carbocycles. The van der Waals surface area contributed by atoms with Crippen molar-refractivity contribution in [1.29, 1.82) is 0 Å². The van der Waals surface area contributed by atoms with Gasteiger partial charge in [0.1, 0.15) is 11.3 Å². The van der Waals surface area contributed by atoms with E-state index < -0.39 is 26.3 Å². The molecule has 0 saturated carbocycles. The van der Waals surface area contributed by atoms with Crippen LogP contribution in [0.5, 0.6) is 5.75 Å². The average Bonchev–Trinajstić information content (AvgIpc) is 2.49. The first-order valence-corrected chi connectivity index (χ1v) is 8.26. The zero-order valence-corrected chi connectivity index (χ0v) is 13.4. The van der Waals surface area contributed by atoms with Gasteiger partial charge < -0.3 is 24.4 Å². The van der Waals surface area contributed by atoms with Crippen LogP contribution in [0.1, 0.15) is 26.3 Å². The number of carbonyl (C=O) groups is 2. The van der Waals surface area contributed by atoms with Gasteiger partial charge in [-0.15, -0.1) is 0 Å². The Labute approximate surface area is 128 Å². The monoisotopic (exact) mass is 348 g/mol. The topological polar surface area (TPSA) is 123 Å². The molecule has 10 heteroatoms. The second-order valence-electron chi connectivity index (χ2n) is 4.46. The van der Waals surface area contributed by atoms with Gasteiger partial charge in [0.15, 0.2) is 0 Å². The van der Waals surface area contributed by atoms with Gasteiger partial charge in [0.05, 0.1) is 18.8 Å². The van der Waals surface area contributed by atoms with Gasteiger partial charge in [-0.05, 0) is 24.6 Å². The molecule has 0 spiro atoms. The van der Waals surface area contributed by atoms with Crippen molar-refractivity contribution in [3.05, 3.63) is 28.8 Å². The Kier molecular flexibility index (Phi) is 5.67. The summed E-state index contributed by atoms with van der Waals surface area (Å²) in [5, 5.41) is 26.6. The maximum atomic E-state index is 10.7. The zero-order chi connectivity index (χ0) is 16.3. The highest BCUT2D eigenvalue weighted by Gasteiger charge is 2.31. The van der Waals surface area contributed by atoms with Crippen LogP contribution in [0.3, 0.4) is 0 Å². The lowest BCUT2D eigenvalue weighted by Gasteiger charge is -2.32. The van der Waals surface area contributed by atoms with E-state index in [9.17, 15) is 14.7 Å². The van der Waals surface area contributed by atoms with E-state index in [4.69, 9.17) is 23.6 Å². The van der Waals surface area contributed by atoms with Crippen molar-refractivity contribution in [3.8, 4) is 5.75 Å². The minimum Gasteiger partial charge on any atom is -0.507 e. The summed E-state index contributed by atoms with van der Waals surface area (Å²) in [4.78, 5) is 21.3. The third-order valence-electron chi connectivity index (χ3n) is 2.94. The van der Waals surface area contributed by atoms with Gasteiger partial charge in [-0.3, -0.25) is 4.31 Å². The van der Waals surface area contributed by atoms with E-state index in [2.05, 4.69) is 0 Å². The molecule has 3 heterocycles. The van der Waals surface area contributed by atoms with Crippen LogP contribution >= 0.6 is 17.4 Å². The van der Waals surface area contributed by atoms with Crippen molar-refractivity contribution in [2.75, 3.05) is 13.2 Å². The number of aromatic carboxylic acids is 2. The molecule has 1 aromatic carbocycles. The van der Waals surface area contributed by atoms with Gasteiger partial charge in [0.2, 0.25) is 0 Å². The summed E-state index contributed by atoms with van der Waals surface area (Å²) in [5.41, 5.74) is 0.0811. The summed E-state index contributed by atoms with van der Waals surface area (Å²) in [6.45, 7) is 3.04. The molecule has 1 atom stereocenters. The first-order chi connectivity index (χ1) is 10.4. The van der Waals surface area contributed by atoms with Crippen molar-refractivity contribution in [3.63, 3.8) is 0 Å². The van der Waals surface area contributed by atoms with Crippen LogP contribution in [0.25, 0.3) is 0 Å². The summed E-state index contributed by atoms with van der Waals surface area (Å²) in [5.74, 6) is -2.99. The molecule has 4 rings (SSSR count). The Morgan fingerprint density at radius 3 is 2.18 bits per heavy atom. The number of rotatable bonds is 2. The molecule has 8 nitrogen and oxygen atoms in total. The van der Waals surface area contributed by atoms with E-state index >= 15 is 0 Å². The van der Waals surface area contributed by atoms with Gasteiger partial charge in [-0.1, -0.05) is 0 Å². The largest absolute Gasteiger partial charge is 0.507 e. The smallest absolute Gasteiger partial charge is 0.339 e. The second-order valence-corrected chi connectivity index (χ2v) is 7.21. The maximum absolute atomic E-state index is 10.7. The minimum absolute atomic E-state index is 0.0463.